The van der Waals surface area contributed by atoms with Crippen molar-refractivity contribution in [3.05, 3.63) is 37.0 Å². The number of allylic oxidation sites excluding steroid dienone is 5. The van der Waals surface area contributed by atoms with E-state index in [0.717, 1.165) is 6.42 Å². The first kappa shape index (κ1) is 7.33. The van der Waals surface area contributed by atoms with Crippen molar-refractivity contribution in [3.8, 4) is 0 Å². The van der Waals surface area contributed by atoms with Gasteiger partial charge in [-0.3, -0.25) is 0 Å². The molecule has 0 saturated heterocycles. The fraction of sp³-hybridized carbons (Fsp3) is 0.400. The highest BCUT2D eigenvalue weighted by atomic mass is 14.0. The van der Waals surface area contributed by atoms with E-state index in [1.165, 1.54) is 12.8 Å². The van der Waals surface area contributed by atoms with Gasteiger partial charge in [0.25, 0.3) is 0 Å². The molecule has 0 N–H and O–H groups in total. The number of hydrogen-bond donors (Lipinski definition) is 0. The van der Waals surface area contributed by atoms with Crippen LogP contribution in [0.4, 0.5) is 0 Å². The normalized spacial score (nSPS) is 31.8. The van der Waals surface area contributed by atoms with Crippen molar-refractivity contribution in [1.82, 2.24) is 0 Å². The molecule has 10 heavy (non-hydrogen) atoms. The minimum Gasteiger partial charge on any atom is -0.102 e. The Hall–Kier alpha value is -0.780. The van der Waals surface area contributed by atoms with Gasteiger partial charge < -0.3 is 0 Å². The van der Waals surface area contributed by atoms with E-state index >= 15 is 0 Å². The molecule has 1 aliphatic rings. The average Bonchev–Trinajstić information content (AvgIpc) is 1.87. The van der Waals surface area contributed by atoms with Gasteiger partial charge in [-0.25, -0.2) is 0 Å². The number of rotatable bonds is 1. The Labute approximate surface area is 62.9 Å². The van der Waals surface area contributed by atoms with E-state index in [0.29, 0.717) is 5.92 Å². The highest BCUT2D eigenvalue weighted by Gasteiger charge is 1.96. The lowest BCUT2D eigenvalue weighted by molar-refractivity contribution is 0.810. The van der Waals surface area contributed by atoms with Crippen LogP contribution in [0.25, 0.3) is 0 Å². The second-order valence-electron chi connectivity index (χ2n) is 2.61. The van der Waals surface area contributed by atoms with Gasteiger partial charge in [-0.05, 0) is 25.2 Å². The summed E-state index contributed by atoms with van der Waals surface area (Å²) in [6.45, 7) is 3.77. The van der Waals surface area contributed by atoms with Crippen LogP contribution in [0.2, 0.25) is 0 Å². The van der Waals surface area contributed by atoms with E-state index in [2.05, 4.69) is 30.9 Å². The molecule has 1 atom stereocenters. The smallest absolute Gasteiger partial charge is 0.00217 e. The lowest BCUT2D eigenvalue weighted by Crippen LogP contribution is -1.89. The predicted octanol–water partition coefficient (Wildman–Crippen LogP) is 3.08. The largest absolute Gasteiger partial charge is 0.102 e. The highest BCUT2D eigenvalue weighted by molar-refractivity contribution is 5.03. The first-order chi connectivity index (χ1) is 4.93. The maximum Gasteiger partial charge on any atom is -0.00217 e. The molecule has 0 bridgehead atoms. The summed E-state index contributed by atoms with van der Waals surface area (Å²) in [4.78, 5) is 0. The van der Waals surface area contributed by atoms with E-state index in [9.17, 15) is 0 Å². The van der Waals surface area contributed by atoms with Crippen molar-refractivity contribution in [2.24, 2.45) is 5.92 Å². The third-order valence-electron chi connectivity index (χ3n) is 1.76. The molecule has 0 heterocycles. The van der Waals surface area contributed by atoms with Crippen molar-refractivity contribution in [2.75, 3.05) is 0 Å². The fourth-order valence-electron chi connectivity index (χ4n) is 1.09. The molecular formula is C10H14. The Kier molecular flexibility index (Phi) is 3.01. The van der Waals surface area contributed by atoms with Gasteiger partial charge in [-0.2, -0.15) is 0 Å². The molecular weight excluding hydrogens is 120 g/mol. The van der Waals surface area contributed by atoms with Crippen LogP contribution in [-0.2, 0) is 0 Å². The molecule has 0 aromatic rings. The van der Waals surface area contributed by atoms with Gasteiger partial charge in [0.15, 0.2) is 0 Å². The Morgan fingerprint density at radius 2 is 2.00 bits per heavy atom. The van der Waals surface area contributed by atoms with Crippen molar-refractivity contribution in [3.63, 3.8) is 0 Å². The topological polar surface area (TPSA) is 0 Å². The lowest BCUT2D eigenvalue weighted by atomic mass is 10.0. The number of hydrogen-bond acceptors (Lipinski definition) is 0. The maximum atomic E-state index is 3.77. The Morgan fingerprint density at radius 3 is 2.80 bits per heavy atom. The molecule has 0 fully saturated rings. The summed E-state index contributed by atoms with van der Waals surface area (Å²) in [6.07, 6.45) is 14.5. The first-order valence-corrected chi connectivity index (χ1v) is 3.87. The van der Waals surface area contributed by atoms with Crippen molar-refractivity contribution in [1.29, 1.82) is 0 Å². The summed E-state index contributed by atoms with van der Waals surface area (Å²) in [5.41, 5.74) is 0. The van der Waals surface area contributed by atoms with Crippen LogP contribution in [0, 0.1) is 5.92 Å². The zero-order valence-corrected chi connectivity index (χ0v) is 6.29. The van der Waals surface area contributed by atoms with Crippen LogP contribution in [0.5, 0.6) is 0 Å². The molecule has 1 aliphatic carbocycles. The van der Waals surface area contributed by atoms with Gasteiger partial charge in [0.1, 0.15) is 0 Å². The van der Waals surface area contributed by atoms with Crippen LogP contribution >= 0.6 is 0 Å². The molecule has 0 nitrogen and oxygen atoms in total. The Bertz CT molecular complexity index is 151. The third-order valence-corrected chi connectivity index (χ3v) is 1.76. The zero-order chi connectivity index (χ0) is 7.23. The zero-order valence-electron chi connectivity index (χ0n) is 6.29. The summed E-state index contributed by atoms with van der Waals surface area (Å²) in [7, 11) is 0. The highest BCUT2D eigenvalue weighted by Crippen LogP contribution is 2.11. The molecule has 0 spiro atoms. The fourth-order valence-corrected chi connectivity index (χ4v) is 1.09. The van der Waals surface area contributed by atoms with Gasteiger partial charge in [0, 0.05) is 0 Å². The second kappa shape index (κ2) is 4.10. The average molecular weight is 134 g/mol. The molecule has 0 saturated carbocycles. The van der Waals surface area contributed by atoms with E-state index in [1.807, 2.05) is 6.08 Å². The summed E-state index contributed by atoms with van der Waals surface area (Å²) in [6, 6.07) is 0. The van der Waals surface area contributed by atoms with Crippen molar-refractivity contribution >= 4 is 0 Å². The van der Waals surface area contributed by atoms with Crippen molar-refractivity contribution < 1.29 is 0 Å². The van der Waals surface area contributed by atoms with Gasteiger partial charge in [-0.1, -0.05) is 30.4 Å². The maximum absolute atomic E-state index is 3.77. The van der Waals surface area contributed by atoms with Crippen LogP contribution in [0.15, 0.2) is 37.0 Å². The summed E-state index contributed by atoms with van der Waals surface area (Å²) in [5.74, 6) is 0.566. The van der Waals surface area contributed by atoms with E-state index in [4.69, 9.17) is 0 Å². The summed E-state index contributed by atoms with van der Waals surface area (Å²) < 4.78 is 0. The summed E-state index contributed by atoms with van der Waals surface area (Å²) in [5, 5.41) is 0. The Balaban J connectivity index is 2.48. The van der Waals surface area contributed by atoms with Gasteiger partial charge in [0.05, 0.1) is 0 Å². The molecule has 1 rings (SSSR count). The molecule has 0 aliphatic heterocycles. The molecule has 1 unspecified atom stereocenters. The Morgan fingerprint density at radius 1 is 1.20 bits per heavy atom. The third kappa shape index (κ3) is 2.22. The van der Waals surface area contributed by atoms with Gasteiger partial charge in [0.2, 0.25) is 0 Å². The predicted molar refractivity (Wildman–Crippen MR) is 45.8 cm³/mol. The molecule has 54 valence electrons. The van der Waals surface area contributed by atoms with Crippen LogP contribution < -0.4 is 0 Å². The van der Waals surface area contributed by atoms with E-state index in [1.54, 1.807) is 0 Å². The standard InChI is InChI=1S/C10H14/c1-2-10-8-6-4-3-5-7-9-10/h2,4,6-7,9-10H,1,3,5,8H2/b6-4-,9-7-. The second-order valence-corrected chi connectivity index (χ2v) is 2.61. The van der Waals surface area contributed by atoms with Crippen LogP contribution in [0.3, 0.4) is 0 Å². The van der Waals surface area contributed by atoms with Crippen molar-refractivity contribution in [2.45, 2.75) is 19.3 Å². The molecule has 0 aromatic carbocycles. The van der Waals surface area contributed by atoms with Crippen LogP contribution in [-0.4, -0.2) is 0 Å². The molecule has 0 heteroatoms. The van der Waals surface area contributed by atoms with E-state index in [-0.39, 0.29) is 0 Å². The minimum atomic E-state index is 0.566. The van der Waals surface area contributed by atoms with E-state index < -0.39 is 0 Å². The van der Waals surface area contributed by atoms with Gasteiger partial charge in [-0.15, -0.1) is 6.58 Å². The first-order valence-electron chi connectivity index (χ1n) is 3.87. The monoisotopic (exact) mass is 134 g/mol. The quantitative estimate of drug-likeness (QED) is 0.483. The summed E-state index contributed by atoms with van der Waals surface area (Å²) >= 11 is 0. The molecule has 0 amide bonds. The lowest BCUT2D eigenvalue weighted by Gasteiger charge is -2.04. The van der Waals surface area contributed by atoms with Crippen LogP contribution in [0.1, 0.15) is 19.3 Å². The minimum absolute atomic E-state index is 0.566. The molecule has 0 radical (unpaired) electrons. The molecule has 0 aromatic heterocycles. The SMILES string of the molecule is C=CC1/C=C\CC/C=C\C1. The van der Waals surface area contributed by atoms with Gasteiger partial charge >= 0.3 is 0 Å².